The summed E-state index contributed by atoms with van der Waals surface area (Å²) in [4.78, 5) is 73.5. The van der Waals surface area contributed by atoms with Crippen LogP contribution in [0.2, 0.25) is 0 Å². The molecule has 3 aromatic carbocycles. The van der Waals surface area contributed by atoms with Gasteiger partial charge < -0.3 is 39.9 Å². The van der Waals surface area contributed by atoms with E-state index in [9.17, 15) is 19.2 Å². The highest BCUT2D eigenvalue weighted by Gasteiger charge is 2.39. The zero-order valence-corrected chi connectivity index (χ0v) is 36.7. The summed E-state index contributed by atoms with van der Waals surface area (Å²) in [6.45, 7) is 7.67. The highest BCUT2D eigenvalue weighted by molar-refractivity contribution is 6.05. The number of rotatable bonds is 16. The van der Waals surface area contributed by atoms with E-state index in [1.54, 1.807) is 18.2 Å². The number of fused-ring (bicyclic) bond motifs is 3. The first-order chi connectivity index (χ1) is 30.5. The van der Waals surface area contributed by atoms with Crippen LogP contribution in [0, 0.1) is 23.7 Å². The van der Waals surface area contributed by atoms with Crippen LogP contribution < -0.4 is 10.6 Å². The number of benzene rings is 3. The lowest BCUT2D eigenvalue weighted by Crippen LogP contribution is -2.53. The molecule has 1 saturated carbocycles. The van der Waals surface area contributed by atoms with Crippen molar-refractivity contribution >= 4 is 45.6 Å². The molecule has 0 bridgehead atoms. The van der Waals surface area contributed by atoms with Gasteiger partial charge in [-0.3, -0.25) is 14.4 Å². The minimum Gasteiger partial charge on any atom is -0.453 e. The van der Waals surface area contributed by atoms with Gasteiger partial charge in [-0.05, 0) is 78.1 Å². The van der Waals surface area contributed by atoms with Crippen molar-refractivity contribution in [1.29, 1.82) is 0 Å². The van der Waals surface area contributed by atoms with E-state index in [1.165, 1.54) is 7.11 Å². The van der Waals surface area contributed by atoms with Gasteiger partial charge in [-0.15, -0.1) is 0 Å². The van der Waals surface area contributed by atoms with Gasteiger partial charge in [0.05, 0.1) is 49.2 Å². The van der Waals surface area contributed by atoms with Gasteiger partial charge in [0.25, 0.3) is 0 Å². The number of imidazole rings is 2. The Hall–Kier alpha value is -6.28. The number of H-pyrrole nitrogens is 2. The zero-order chi connectivity index (χ0) is 44.2. The number of ether oxygens (including phenoxy) is 2. The standard InChI is InChI=1S/C49H58N8O6/c1-29(2)42(55-49(61)63-5)48(60)57-23-9-12-40(57)45-52-38-22-20-36-24-35(19-21-37(36)44(38)53-45)31-13-15-32(16-14-31)39-25-50-41(51-39)27-56(26-30(3)28-62-4)47(59)43(33-10-7-6-8-11-33)54-46(58)34-17-18-34/h6-8,10,13-16,19-22,24-25,29-30,33-34,40,42-43H,9,11-12,17-18,23,26-28H2,1-5H3,(H,50,51)(H,52,53)(H,54,58)(H,55,61)/t30-,33?,40-,42-,43+/m0/s1. The second kappa shape index (κ2) is 19.0. The van der Waals surface area contributed by atoms with Gasteiger partial charge in [-0.2, -0.15) is 0 Å². The van der Waals surface area contributed by atoms with Gasteiger partial charge in [0.1, 0.15) is 23.7 Å². The molecule has 3 aliphatic rings. The van der Waals surface area contributed by atoms with Crippen molar-refractivity contribution in [1.82, 2.24) is 40.4 Å². The molecule has 63 heavy (non-hydrogen) atoms. The molecule has 5 aromatic rings. The van der Waals surface area contributed by atoms with Crippen molar-refractivity contribution in [2.75, 3.05) is 33.9 Å². The molecular formula is C49H58N8O6. The maximum absolute atomic E-state index is 14.4. The number of methoxy groups -OCH3 is 2. The minimum absolute atomic E-state index is 0.00969. The second-order valence-corrected chi connectivity index (χ2v) is 17.6. The van der Waals surface area contributed by atoms with E-state index in [1.807, 2.05) is 49.1 Å². The fourth-order valence-electron chi connectivity index (χ4n) is 8.92. The Morgan fingerprint density at radius 1 is 0.921 bits per heavy atom. The zero-order valence-electron chi connectivity index (χ0n) is 36.7. The van der Waals surface area contributed by atoms with Crippen LogP contribution in [-0.4, -0.2) is 99.6 Å². The minimum atomic E-state index is -0.699. The number of carbonyl (C=O) groups excluding carboxylic acids is 4. The van der Waals surface area contributed by atoms with E-state index < -0.39 is 18.2 Å². The largest absolute Gasteiger partial charge is 0.453 e. The molecule has 2 fully saturated rings. The fraction of sp³-hybridized carbons (Fsp3) is 0.429. The summed E-state index contributed by atoms with van der Waals surface area (Å²) in [5, 5.41) is 7.89. The predicted octanol–water partition coefficient (Wildman–Crippen LogP) is 7.46. The van der Waals surface area contributed by atoms with Crippen LogP contribution in [0.1, 0.15) is 70.6 Å². The Morgan fingerprint density at radius 3 is 2.41 bits per heavy atom. The van der Waals surface area contributed by atoms with Crippen LogP contribution in [0.25, 0.3) is 44.2 Å². The van der Waals surface area contributed by atoms with Crippen LogP contribution in [0.5, 0.6) is 0 Å². The first-order valence-electron chi connectivity index (χ1n) is 22.1. The summed E-state index contributed by atoms with van der Waals surface area (Å²) in [6, 6.07) is 17.2. The summed E-state index contributed by atoms with van der Waals surface area (Å²) in [5.74, 6) is 0.898. The smallest absolute Gasteiger partial charge is 0.407 e. The van der Waals surface area contributed by atoms with Gasteiger partial charge in [0, 0.05) is 37.4 Å². The Labute approximate surface area is 367 Å². The number of nitrogens with zero attached hydrogens (tertiary/aromatic N) is 4. The number of aromatic nitrogens is 4. The van der Waals surface area contributed by atoms with Gasteiger partial charge in [-0.25, -0.2) is 14.8 Å². The quantitative estimate of drug-likeness (QED) is 0.0792. The molecular weight excluding hydrogens is 797 g/mol. The monoisotopic (exact) mass is 854 g/mol. The summed E-state index contributed by atoms with van der Waals surface area (Å²) in [6.07, 6.45) is 13.2. The topological polar surface area (TPSA) is 175 Å². The van der Waals surface area contributed by atoms with Gasteiger partial charge in [-0.1, -0.05) is 87.5 Å². The van der Waals surface area contributed by atoms with Crippen molar-refractivity contribution in [2.24, 2.45) is 23.7 Å². The number of nitrogens with one attached hydrogen (secondary N) is 4. The molecule has 14 heteroatoms. The van der Waals surface area contributed by atoms with Crippen LogP contribution in [0.3, 0.4) is 0 Å². The van der Waals surface area contributed by atoms with Gasteiger partial charge in [0.15, 0.2) is 0 Å². The van der Waals surface area contributed by atoms with E-state index >= 15 is 0 Å². The summed E-state index contributed by atoms with van der Waals surface area (Å²) in [7, 11) is 2.96. The number of carbonyl (C=O) groups is 4. The normalized spacial score (nSPS) is 18.7. The van der Waals surface area contributed by atoms with Gasteiger partial charge in [0.2, 0.25) is 17.7 Å². The van der Waals surface area contributed by atoms with Crippen molar-refractivity contribution < 1.29 is 28.7 Å². The number of alkyl carbamates (subject to hydrolysis) is 1. The van der Waals surface area contributed by atoms with Crippen molar-refractivity contribution in [3.05, 3.63) is 96.7 Å². The molecule has 0 spiro atoms. The molecule has 0 radical (unpaired) electrons. The highest BCUT2D eigenvalue weighted by Crippen LogP contribution is 2.36. The number of hydrogen-bond acceptors (Lipinski definition) is 8. The Kier molecular flexibility index (Phi) is 13.1. The fourth-order valence-corrected chi connectivity index (χ4v) is 8.92. The number of amides is 4. The second-order valence-electron chi connectivity index (χ2n) is 17.6. The SMILES string of the molecule is COC[C@@H](C)CN(Cc1ncc(-c2ccc(-c3ccc4c(ccc5[nH]c([C@@H]6CCCN6C(=O)[C@@H](NC(=O)OC)C(C)C)nc54)c3)cc2)[nH]1)C(=O)[C@H](NC(=O)C1CC1)C1C=CC=CC1. The summed E-state index contributed by atoms with van der Waals surface area (Å²) in [5.41, 5.74) is 5.66. The first kappa shape index (κ1) is 43.4. The maximum atomic E-state index is 14.4. The third kappa shape index (κ3) is 9.70. The average molecular weight is 855 g/mol. The van der Waals surface area contributed by atoms with Crippen LogP contribution in [-0.2, 0) is 30.4 Å². The first-order valence-corrected chi connectivity index (χ1v) is 22.1. The number of hydrogen-bond donors (Lipinski definition) is 4. The van der Waals surface area contributed by atoms with Crippen LogP contribution >= 0.6 is 0 Å². The third-order valence-electron chi connectivity index (χ3n) is 12.5. The molecule has 14 nitrogen and oxygen atoms in total. The average Bonchev–Trinajstić information content (AvgIpc) is 3.62. The number of aromatic amines is 2. The Balaban J connectivity index is 0.976. The maximum Gasteiger partial charge on any atom is 0.407 e. The molecule has 4 amide bonds. The van der Waals surface area contributed by atoms with Crippen molar-refractivity contribution in [3.63, 3.8) is 0 Å². The highest BCUT2D eigenvalue weighted by atomic mass is 16.5. The Bertz CT molecular complexity index is 2520. The van der Waals surface area contributed by atoms with E-state index in [2.05, 4.69) is 76.1 Å². The third-order valence-corrected chi connectivity index (χ3v) is 12.5. The number of allylic oxidation sites excluding steroid dienone is 3. The molecule has 2 aromatic heterocycles. The molecule has 4 N–H and O–H groups in total. The molecule has 1 saturated heterocycles. The van der Waals surface area contributed by atoms with E-state index in [0.717, 1.165) is 75.7 Å². The van der Waals surface area contributed by atoms with E-state index in [4.69, 9.17) is 19.4 Å². The summed E-state index contributed by atoms with van der Waals surface area (Å²) < 4.78 is 10.2. The van der Waals surface area contributed by atoms with Crippen molar-refractivity contribution in [2.45, 2.75) is 77.5 Å². The van der Waals surface area contributed by atoms with Crippen molar-refractivity contribution in [3.8, 4) is 22.4 Å². The number of likely N-dealkylation sites (tertiary alicyclic amines) is 1. The molecule has 1 aliphatic heterocycles. The molecule has 8 rings (SSSR count). The molecule has 2 aliphatic carbocycles. The molecule has 330 valence electrons. The van der Waals surface area contributed by atoms with E-state index in [-0.39, 0.29) is 54.0 Å². The lowest BCUT2D eigenvalue weighted by Gasteiger charge is -2.32. The van der Waals surface area contributed by atoms with Crippen LogP contribution in [0.15, 0.2) is 85.1 Å². The molecule has 1 unspecified atom stereocenters. The molecule has 5 atom stereocenters. The molecule has 3 heterocycles. The lowest BCUT2D eigenvalue weighted by molar-refractivity contribution is -0.139. The van der Waals surface area contributed by atoms with Gasteiger partial charge >= 0.3 is 6.09 Å². The summed E-state index contributed by atoms with van der Waals surface area (Å²) >= 11 is 0. The predicted molar refractivity (Wildman–Crippen MR) is 242 cm³/mol. The van der Waals surface area contributed by atoms with E-state index in [0.29, 0.717) is 31.9 Å². The Morgan fingerprint density at radius 2 is 1.70 bits per heavy atom. The van der Waals surface area contributed by atoms with Crippen LogP contribution in [0.4, 0.5) is 4.79 Å². The lowest BCUT2D eigenvalue weighted by atomic mass is 9.91.